The maximum atomic E-state index is 13.7. The highest BCUT2D eigenvalue weighted by molar-refractivity contribution is 8.01. The van der Waals surface area contributed by atoms with Crippen LogP contribution in [0.3, 0.4) is 0 Å². The molecule has 0 bridgehead atoms. The van der Waals surface area contributed by atoms with Crippen molar-refractivity contribution in [2.75, 3.05) is 22.1 Å². The number of aromatic nitrogens is 4. The third kappa shape index (κ3) is 4.86. The lowest BCUT2D eigenvalue weighted by molar-refractivity contribution is -0.149. The van der Waals surface area contributed by atoms with Gasteiger partial charge in [-0.1, -0.05) is 0 Å². The maximum Gasteiger partial charge on any atom is 0.433 e. The summed E-state index contributed by atoms with van der Waals surface area (Å²) >= 11 is 2.82. The molecule has 5 rings (SSSR count). The van der Waals surface area contributed by atoms with Crippen molar-refractivity contribution in [3.05, 3.63) is 40.2 Å². The summed E-state index contributed by atoms with van der Waals surface area (Å²) in [4.78, 5) is 70.6. The molecule has 1 fully saturated rings. The molecule has 5 heterocycles. The lowest BCUT2D eigenvalue weighted by atomic mass is 10.0. The lowest BCUT2D eigenvalue weighted by Gasteiger charge is -2.52. The van der Waals surface area contributed by atoms with Gasteiger partial charge in [-0.15, -0.1) is 34.9 Å². The molecule has 20 heteroatoms. The average molecular weight is 629 g/mol. The normalized spacial score (nSPS) is 18.7. The predicted octanol–water partition coefficient (Wildman–Crippen LogP) is 0.832. The number of β-lactam (4-membered cyclic amide) rings is 1. The van der Waals surface area contributed by atoms with E-state index in [0.29, 0.717) is 10.6 Å². The molecule has 14 nitrogen and oxygen atoms in total. The number of hydrogen-bond donors (Lipinski definition) is 3. The first-order chi connectivity index (χ1) is 19.3. The lowest BCUT2D eigenvalue weighted by Crippen LogP contribution is -2.72. The van der Waals surface area contributed by atoms with Crippen LogP contribution in [0.15, 0.2) is 33.9 Å². The number of rotatable bonds is 8. The highest BCUT2D eigenvalue weighted by atomic mass is 32.2. The Hall–Kier alpha value is -4.17. The zero-order chi connectivity index (χ0) is 29.8. The second-order valence-corrected chi connectivity index (χ2v) is 11.4. The Morgan fingerprint density at radius 2 is 2.02 bits per heavy atom. The van der Waals surface area contributed by atoms with E-state index in [-0.39, 0.29) is 44.9 Å². The maximum absolute atomic E-state index is 13.7. The molecule has 0 aromatic carbocycles. The van der Waals surface area contributed by atoms with Crippen LogP contribution in [-0.4, -0.2) is 82.5 Å². The molecule has 2 aliphatic heterocycles. The Bertz CT molecular complexity index is 1670. The molecule has 3 aromatic heterocycles. The minimum Gasteiger partial charge on any atom is -0.477 e. The van der Waals surface area contributed by atoms with Crippen LogP contribution in [0.5, 0.6) is 0 Å². The molecule has 1 saturated heterocycles. The summed E-state index contributed by atoms with van der Waals surface area (Å²) in [5.41, 5.74) is 8.65. The Balaban J connectivity index is 1.45. The van der Waals surface area contributed by atoms with Crippen LogP contribution in [-0.2, 0) is 25.4 Å². The number of thiazole rings is 1. The van der Waals surface area contributed by atoms with E-state index in [1.165, 1.54) is 5.38 Å². The number of aldehydes is 1. The van der Waals surface area contributed by atoms with Gasteiger partial charge in [0.25, 0.3) is 17.7 Å². The molecule has 214 valence electrons. The van der Waals surface area contributed by atoms with E-state index in [2.05, 4.69) is 15.1 Å². The largest absolute Gasteiger partial charge is 0.477 e. The SMILES string of the molecule is NC(=O)c1cnn2c(C(F)(F)F)cc(SCC3=C(C(=O)O)N4C(=O)[C@@H](N(C(=O)C=O)c5csc(N)n5)[C@H]4SC3)nc12. The number of nitrogen functional groups attached to an aromatic ring is 1. The third-order valence-corrected chi connectivity index (χ3v) is 8.98. The van der Waals surface area contributed by atoms with Crippen molar-refractivity contribution in [3.8, 4) is 0 Å². The molecule has 2 atom stereocenters. The topological polar surface area (TPSA) is 207 Å². The van der Waals surface area contributed by atoms with Crippen molar-refractivity contribution < 1.29 is 42.3 Å². The van der Waals surface area contributed by atoms with Gasteiger partial charge in [-0.2, -0.15) is 18.3 Å². The molecule has 0 unspecified atom stereocenters. The van der Waals surface area contributed by atoms with Crippen LogP contribution in [0.4, 0.5) is 24.1 Å². The Kier molecular flexibility index (Phi) is 7.15. The molecular weight excluding hydrogens is 613 g/mol. The number of carboxylic acids is 1. The number of carbonyl (C=O) groups is 5. The molecular formula is C21H15F3N8O6S3. The molecule has 0 aliphatic carbocycles. The number of halogens is 3. The predicted molar refractivity (Wildman–Crippen MR) is 139 cm³/mol. The van der Waals surface area contributed by atoms with E-state index in [4.69, 9.17) is 11.5 Å². The van der Waals surface area contributed by atoms with Gasteiger partial charge in [-0.25, -0.2) is 19.3 Å². The van der Waals surface area contributed by atoms with E-state index in [9.17, 15) is 42.3 Å². The number of thioether (sulfide) groups is 2. The van der Waals surface area contributed by atoms with Gasteiger partial charge in [0.05, 0.1) is 6.20 Å². The van der Waals surface area contributed by atoms with Gasteiger partial charge in [-0.05, 0) is 5.57 Å². The summed E-state index contributed by atoms with van der Waals surface area (Å²) in [7, 11) is 0. The first-order valence-corrected chi connectivity index (χ1v) is 14.0. The summed E-state index contributed by atoms with van der Waals surface area (Å²) in [5.74, 6) is -4.59. The van der Waals surface area contributed by atoms with Crippen LogP contribution in [0.2, 0.25) is 0 Å². The quantitative estimate of drug-likeness (QED) is 0.104. The Morgan fingerprint density at radius 3 is 2.61 bits per heavy atom. The highest BCUT2D eigenvalue weighted by Crippen LogP contribution is 2.45. The summed E-state index contributed by atoms with van der Waals surface area (Å²) < 4.78 is 41.6. The summed E-state index contributed by atoms with van der Waals surface area (Å²) in [6, 6.07) is -0.544. The average Bonchev–Trinajstić information content (AvgIpc) is 3.54. The van der Waals surface area contributed by atoms with Gasteiger partial charge in [-0.3, -0.25) is 29.0 Å². The Morgan fingerprint density at radius 1 is 1.29 bits per heavy atom. The zero-order valence-electron chi connectivity index (χ0n) is 20.1. The van der Waals surface area contributed by atoms with E-state index in [1.54, 1.807) is 0 Å². The second kappa shape index (κ2) is 10.3. The molecule has 3 amide bonds. The zero-order valence-corrected chi connectivity index (χ0v) is 22.5. The smallest absolute Gasteiger partial charge is 0.433 e. The van der Waals surface area contributed by atoms with E-state index < -0.39 is 58.3 Å². The summed E-state index contributed by atoms with van der Waals surface area (Å²) in [5, 5.41) is 13.9. The first kappa shape index (κ1) is 28.4. The minimum atomic E-state index is -4.87. The van der Waals surface area contributed by atoms with Gasteiger partial charge in [0, 0.05) is 23.0 Å². The van der Waals surface area contributed by atoms with Crippen LogP contribution in [0.1, 0.15) is 16.1 Å². The number of nitrogens with two attached hydrogens (primary N) is 2. The molecule has 0 saturated carbocycles. The summed E-state index contributed by atoms with van der Waals surface area (Å²) in [6.45, 7) is 0. The van der Waals surface area contributed by atoms with Gasteiger partial charge >= 0.3 is 12.1 Å². The molecule has 3 aromatic rings. The minimum absolute atomic E-state index is 0.00178. The Labute approximate surface area is 238 Å². The fourth-order valence-electron chi connectivity index (χ4n) is 4.27. The van der Waals surface area contributed by atoms with Crippen LogP contribution < -0.4 is 16.4 Å². The first-order valence-electron chi connectivity index (χ1n) is 11.1. The number of fused-ring (bicyclic) bond motifs is 2. The van der Waals surface area contributed by atoms with Gasteiger partial charge in [0.1, 0.15) is 33.5 Å². The van der Waals surface area contributed by atoms with Gasteiger partial charge < -0.3 is 16.6 Å². The van der Waals surface area contributed by atoms with E-state index in [1.807, 2.05) is 0 Å². The monoisotopic (exact) mass is 628 g/mol. The van der Waals surface area contributed by atoms with Crippen LogP contribution in [0.25, 0.3) is 5.65 Å². The van der Waals surface area contributed by atoms with Crippen molar-refractivity contribution in [2.24, 2.45) is 5.73 Å². The van der Waals surface area contributed by atoms with Gasteiger partial charge in [0.15, 0.2) is 16.5 Å². The number of nitrogens with zero attached hydrogens (tertiary/aromatic N) is 6. The molecule has 0 spiro atoms. The van der Waals surface area contributed by atoms with Crippen molar-refractivity contribution >= 4 is 81.4 Å². The van der Waals surface area contributed by atoms with Crippen molar-refractivity contribution in [1.82, 2.24) is 24.5 Å². The number of aliphatic carboxylic acids is 1. The number of amides is 3. The fraction of sp³-hybridized carbons (Fsp3) is 0.238. The van der Waals surface area contributed by atoms with Crippen molar-refractivity contribution in [1.29, 1.82) is 0 Å². The van der Waals surface area contributed by atoms with Crippen molar-refractivity contribution in [3.63, 3.8) is 0 Å². The molecule has 2 aliphatic rings. The van der Waals surface area contributed by atoms with Crippen molar-refractivity contribution in [2.45, 2.75) is 22.6 Å². The molecule has 0 radical (unpaired) electrons. The van der Waals surface area contributed by atoms with Gasteiger partial charge in [0.2, 0.25) is 6.29 Å². The highest BCUT2D eigenvalue weighted by Gasteiger charge is 2.57. The van der Waals surface area contributed by atoms with E-state index >= 15 is 0 Å². The summed E-state index contributed by atoms with van der Waals surface area (Å²) in [6.07, 6.45) is -4.01. The number of carbonyl (C=O) groups excluding carboxylic acids is 4. The number of primary amides is 1. The standard InChI is InChI=1S/C21H15F3N8O6S3/c22-21(23,24)9-1-11(29-16-8(15(25)35)2-27-32(9)16)39-4-7-5-40-18-14(17(36)31(18)13(7)19(37)38)30(12(34)3-33)10-6-41-20(26)28-10/h1-3,6,14,18H,4-5H2,(H2,25,35)(H2,26,28)(H,37,38)/t14-,18-/m1/s1. The number of alkyl halides is 3. The number of hydrogen-bond acceptors (Lipinski definition) is 12. The molecule has 41 heavy (non-hydrogen) atoms. The van der Waals surface area contributed by atoms with Crippen LogP contribution in [0, 0.1) is 0 Å². The fourth-order valence-corrected chi connectivity index (χ4v) is 7.23. The number of anilines is 2. The molecule has 5 N–H and O–H groups in total. The third-order valence-electron chi connectivity index (χ3n) is 5.99. The van der Waals surface area contributed by atoms with E-state index in [0.717, 1.165) is 50.9 Å². The second-order valence-electron chi connectivity index (χ2n) is 8.41. The van der Waals surface area contributed by atoms with Crippen LogP contribution >= 0.6 is 34.9 Å². The number of carboxylic acid groups (broad SMARTS) is 1.